The van der Waals surface area contributed by atoms with Crippen LogP contribution < -0.4 is 15.4 Å². The molecular formula is C30H45F2N3O4S. The summed E-state index contributed by atoms with van der Waals surface area (Å²) in [5.41, 5.74) is 2.53. The van der Waals surface area contributed by atoms with Crippen molar-refractivity contribution in [2.45, 2.75) is 84.4 Å². The molecule has 0 unspecified atom stereocenters. The van der Waals surface area contributed by atoms with Crippen LogP contribution in [0.5, 0.6) is 0 Å². The largest absolute Gasteiger partial charge is 0.390 e. The molecule has 0 aliphatic carbocycles. The van der Waals surface area contributed by atoms with Gasteiger partial charge in [-0.1, -0.05) is 57.9 Å². The molecular weight excluding hydrogens is 536 g/mol. The lowest BCUT2D eigenvalue weighted by atomic mass is 10.00. The third-order valence-electron chi connectivity index (χ3n) is 6.79. The summed E-state index contributed by atoms with van der Waals surface area (Å²) < 4.78 is 55.1. The van der Waals surface area contributed by atoms with Crippen molar-refractivity contribution in [2.24, 2.45) is 5.92 Å². The zero-order valence-electron chi connectivity index (χ0n) is 23.9. The van der Waals surface area contributed by atoms with Crippen LogP contribution in [0.4, 0.5) is 8.78 Å². The van der Waals surface area contributed by atoms with Crippen LogP contribution in [0.3, 0.4) is 0 Å². The maximum absolute atomic E-state index is 13.8. The molecule has 0 bridgehead atoms. The molecule has 0 saturated carbocycles. The quantitative estimate of drug-likeness (QED) is 0.199. The highest BCUT2D eigenvalue weighted by molar-refractivity contribution is 7.89. The van der Waals surface area contributed by atoms with Gasteiger partial charge in [0.05, 0.1) is 17.9 Å². The topological polar surface area (TPSA) is 108 Å². The Kier molecular flexibility index (Phi) is 14.7. The normalized spacial score (nSPS) is 13.4. The van der Waals surface area contributed by atoms with Gasteiger partial charge in [0, 0.05) is 32.1 Å². The van der Waals surface area contributed by atoms with Gasteiger partial charge in [-0.15, -0.1) is 0 Å². The lowest BCUT2D eigenvalue weighted by Gasteiger charge is -2.25. The number of rotatable bonds is 19. The average Bonchev–Trinajstić information content (AvgIpc) is 2.87. The van der Waals surface area contributed by atoms with E-state index in [-0.39, 0.29) is 43.2 Å². The van der Waals surface area contributed by atoms with Gasteiger partial charge in [-0.05, 0) is 60.4 Å². The van der Waals surface area contributed by atoms with Crippen LogP contribution in [0.1, 0.15) is 69.6 Å². The van der Waals surface area contributed by atoms with Gasteiger partial charge in [0.25, 0.3) is 0 Å². The van der Waals surface area contributed by atoms with E-state index in [1.54, 1.807) is 0 Å². The Labute approximate surface area is 238 Å². The van der Waals surface area contributed by atoms with Crippen molar-refractivity contribution in [3.05, 3.63) is 70.8 Å². The van der Waals surface area contributed by atoms with E-state index in [9.17, 15) is 27.1 Å². The molecule has 0 fully saturated rings. The number of carbonyl (C=O) groups is 1. The minimum absolute atomic E-state index is 0.00394. The number of halogens is 2. The minimum Gasteiger partial charge on any atom is -0.390 e. The predicted octanol–water partition coefficient (Wildman–Crippen LogP) is 4.23. The molecule has 0 aliphatic rings. The molecule has 7 nitrogen and oxygen atoms in total. The van der Waals surface area contributed by atoms with E-state index >= 15 is 0 Å². The first kappa shape index (κ1) is 33.8. The molecule has 2 aromatic carbocycles. The number of amides is 1. The van der Waals surface area contributed by atoms with Gasteiger partial charge in [0.2, 0.25) is 15.9 Å². The van der Waals surface area contributed by atoms with Crippen LogP contribution >= 0.6 is 0 Å². The van der Waals surface area contributed by atoms with E-state index < -0.39 is 39.7 Å². The molecule has 0 spiro atoms. The van der Waals surface area contributed by atoms with E-state index in [1.165, 1.54) is 5.56 Å². The van der Waals surface area contributed by atoms with Gasteiger partial charge in [-0.2, -0.15) is 0 Å². The summed E-state index contributed by atoms with van der Waals surface area (Å²) >= 11 is 0. The molecule has 1 amide bonds. The zero-order chi connectivity index (χ0) is 29.5. The number of hydrogen-bond acceptors (Lipinski definition) is 5. The molecule has 2 atom stereocenters. The number of sulfonamides is 1. The smallest absolute Gasteiger partial charge is 0.221 e. The van der Waals surface area contributed by atoms with Gasteiger partial charge in [-0.3, -0.25) is 4.79 Å². The highest BCUT2D eigenvalue weighted by Gasteiger charge is 2.23. The molecule has 0 heterocycles. The van der Waals surface area contributed by atoms with Crippen molar-refractivity contribution in [3.8, 4) is 0 Å². The summed E-state index contributed by atoms with van der Waals surface area (Å²) in [7, 11) is -3.54. The number of benzene rings is 2. The molecule has 0 aromatic heterocycles. The number of aliphatic hydroxyl groups is 1. The van der Waals surface area contributed by atoms with Crippen LogP contribution in [-0.2, 0) is 34.2 Å². The molecule has 0 saturated heterocycles. The van der Waals surface area contributed by atoms with Crippen molar-refractivity contribution in [1.29, 1.82) is 0 Å². The number of carbonyl (C=O) groups excluding carboxylic acids is 1. The van der Waals surface area contributed by atoms with Crippen LogP contribution in [0.15, 0.2) is 42.5 Å². The Balaban J connectivity index is 1.98. The van der Waals surface area contributed by atoms with Gasteiger partial charge in [-0.25, -0.2) is 21.9 Å². The van der Waals surface area contributed by atoms with Crippen LogP contribution in [-0.4, -0.2) is 50.4 Å². The third-order valence-corrected chi connectivity index (χ3v) is 8.35. The number of aryl methyl sites for hydroxylation is 1. The first-order valence-corrected chi connectivity index (χ1v) is 15.9. The average molecular weight is 582 g/mol. The molecule has 10 heteroatoms. The predicted molar refractivity (Wildman–Crippen MR) is 155 cm³/mol. The van der Waals surface area contributed by atoms with Crippen molar-refractivity contribution < 1.29 is 27.1 Å². The fraction of sp³-hybridized carbons (Fsp3) is 0.567. The number of aliphatic hydroxyl groups excluding tert-OH is 1. The molecule has 224 valence electrons. The highest BCUT2D eigenvalue weighted by Crippen LogP contribution is 2.16. The lowest BCUT2D eigenvalue weighted by molar-refractivity contribution is -0.122. The SMILES string of the molecule is CCCC(CCC)CS(=O)(=O)NCCC(=O)N[C@@H](Cc1cc(F)cc(F)c1)[C@H](O)CNCc1cccc(CC)c1. The minimum atomic E-state index is -3.54. The molecule has 0 aliphatic heterocycles. The number of hydrogen-bond donors (Lipinski definition) is 4. The number of nitrogens with one attached hydrogen (secondary N) is 3. The summed E-state index contributed by atoms with van der Waals surface area (Å²) in [5.74, 6) is -1.87. The Morgan fingerprint density at radius 3 is 2.23 bits per heavy atom. The van der Waals surface area contributed by atoms with Crippen LogP contribution in [0, 0.1) is 17.6 Å². The molecule has 2 aromatic rings. The van der Waals surface area contributed by atoms with Gasteiger partial charge >= 0.3 is 0 Å². The maximum atomic E-state index is 13.8. The third kappa shape index (κ3) is 12.8. The Morgan fingerprint density at radius 2 is 1.60 bits per heavy atom. The molecule has 4 N–H and O–H groups in total. The van der Waals surface area contributed by atoms with Crippen molar-refractivity contribution in [3.63, 3.8) is 0 Å². The van der Waals surface area contributed by atoms with Gasteiger partial charge in [0.15, 0.2) is 0 Å². The van der Waals surface area contributed by atoms with E-state index in [0.717, 1.165) is 55.9 Å². The van der Waals surface area contributed by atoms with Gasteiger partial charge in [0.1, 0.15) is 11.6 Å². The van der Waals surface area contributed by atoms with Crippen molar-refractivity contribution in [1.82, 2.24) is 15.4 Å². The molecule has 40 heavy (non-hydrogen) atoms. The monoisotopic (exact) mass is 581 g/mol. The standard InChI is InChI=1S/C30H45F2N3O4S/c1-4-8-23(9-5-2)21-40(38,39)34-13-12-30(37)35-28(17-25-15-26(31)18-27(32)16-25)29(36)20-33-19-24-11-7-10-22(6-3)14-24/h7,10-11,14-16,18,23,28-29,33-34,36H,4-6,8-9,12-13,17,19-21H2,1-3H3,(H,35,37)/t28-,29+/m0/s1. The van der Waals surface area contributed by atoms with E-state index in [2.05, 4.69) is 28.3 Å². The zero-order valence-corrected chi connectivity index (χ0v) is 24.7. The Hall–Kier alpha value is -2.40. The first-order valence-electron chi connectivity index (χ1n) is 14.2. The van der Waals surface area contributed by atoms with E-state index in [0.29, 0.717) is 6.54 Å². The van der Waals surface area contributed by atoms with E-state index in [4.69, 9.17) is 0 Å². The van der Waals surface area contributed by atoms with Crippen LogP contribution in [0.25, 0.3) is 0 Å². The summed E-state index contributed by atoms with van der Waals surface area (Å²) in [6, 6.07) is 10.3. The van der Waals surface area contributed by atoms with E-state index in [1.807, 2.05) is 32.0 Å². The second-order valence-electron chi connectivity index (χ2n) is 10.4. The van der Waals surface area contributed by atoms with Crippen molar-refractivity contribution >= 4 is 15.9 Å². The Morgan fingerprint density at radius 1 is 0.950 bits per heavy atom. The summed E-state index contributed by atoms with van der Waals surface area (Å²) in [5, 5.41) is 16.8. The summed E-state index contributed by atoms with van der Waals surface area (Å²) in [4.78, 5) is 12.7. The maximum Gasteiger partial charge on any atom is 0.221 e. The Bertz CT molecular complexity index is 1140. The fourth-order valence-electron chi connectivity index (χ4n) is 4.83. The fourth-order valence-corrected chi connectivity index (χ4v) is 6.31. The molecule has 0 radical (unpaired) electrons. The highest BCUT2D eigenvalue weighted by atomic mass is 32.2. The van der Waals surface area contributed by atoms with Crippen LogP contribution in [0.2, 0.25) is 0 Å². The first-order chi connectivity index (χ1) is 19.0. The molecule has 2 rings (SSSR count). The summed E-state index contributed by atoms with van der Waals surface area (Å²) in [6.07, 6.45) is 3.16. The summed E-state index contributed by atoms with van der Waals surface area (Å²) in [6.45, 7) is 6.66. The van der Waals surface area contributed by atoms with Crippen molar-refractivity contribution in [2.75, 3.05) is 18.8 Å². The van der Waals surface area contributed by atoms with Gasteiger partial charge < -0.3 is 15.7 Å². The second-order valence-corrected chi connectivity index (χ2v) is 12.2. The lowest BCUT2D eigenvalue weighted by Crippen LogP contribution is -2.49. The second kappa shape index (κ2) is 17.4.